The molecule has 154 valence electrons. The van der Waals surface area contributed by atoms with Gasteiger partial charge in [-0.05, 0) is 48.9 Å². The van der Waals surface area contributed by atoms with Crippen LogP contribution in [0.15, 0.2) is 78.2 Å². The van der Waals surface area contributed by atoms with Crippen molar-refractivity contribution in [1.82, 2.24) is 20.2 Å². The van der Waals surface area contributed by atoms with Gasteiger partial charge < -0.3 is 19.9 Å². The molecule has 3 aromatic rings. The van der Waals surface area contributed by atoms with E-state index < -0.39 is 0 Å². The number of ether oxygens (including phenoxy) is 1. The Hall–Kier alpha value is -2.55. The molecule has 0 spiro atoms. The molecule has 0 radical (unpaired) electrons. The van der Waals surface area contributed by atoms with Crippen LogP contribution in [-0.4, -0.2) is 28.6 Å². The van der Waals surface area contributed by atoms with E-state index >= 15 is 0 Å². The van der Waals surface area contributed by atoms with Crippen LogP contribution in [0, 0.1) is 0 Å². The van der Waals surface area contributed by atoms with Crippen LogP contribution in [0.5, 0.6) is 5.75 Å². The van der Waals surface area contributed by atoms with Crippen LogP contribution in [-0.2, 0) is 19.7 Å². The fraction of sp³-hybridized carbons (Fsp3) is 0.273. The van der Waals surface area contributed by atoms with Crippen molar-refractivity contribution >= 4 is 29.9 Å². The number of nitrogens with one attached hydrogen (secondary N) is 2. The summed E-state index contributed by atoms with van der Waals surface area (Å²) in [6.07, 6.45) is 5.89. The molecule has 0 aliphatic heterocycles. The average molecular weight is 505 g/mol. The molecule has 1 aromatic carbocycles. The summed E-state index contributed by atoms with van der Waals surface area (Å²) >= 11 is 0. The minimum absolute atomic E-state index is 0. The minimum Gasteiger partial charge on any atom is -0.487 e. The molecule has 0 bridgehead atoms. The first-order chi connectivity index (χ1) is 13.8. The molecule has 3 rings (SSSR count). The number of benzene rings is 1. The predicted octanol–water partition coefficient (Wildman–Crippen LogP) is 3.84. The van der Waals surface area contributed by atoms with Crippen LogP contribution in [0.25, 0.3) is 0 Å². The summed E-state index contributed by atoms with van der Waals surface area (Å²) in [5, 5.41) is 6.65. The predicted molar refractivity (Wildman–Crippen MR) is 128 cm³/mol. The molecule has 0 aliphatic carbocycles. The van der Waals surface area contributed by atoms with Gasteiger partial charge in [-0.25, -0.2) is 4.99 Å². The first kappa shape index (κ1) is 22.7. The van der Waals surface area contributed by atoms with Gasteiger partial charge >= 0.3 is 0 Å². The van der Waals surface area contributed by atoms with E-state index in [9.17, 15) is 0 Å². The number of aliphatic imine (C=N–C) groups is 1. The highest BCUT2D eigenvalue weighted by atomic mass is 127. The van der Waals surface area contributed by atoms with Gasteiger partial charge in [0.15, 0.2) is 5.96 Å². The van der Waals surface area contributed by atoms with E-state index in [0.717, 1.165) is 42.6 Å². The average Bonchev–Trinajstić information content (AvgIpc) is 3.25. The number of halogens is 1. The maximum absolute atomic E-state index is 5.77. The van der Waals surface area contributed by atoms with Gasteiger partial charge in [0.2, 0.25) is 0 Å². The second-order valence-electron chi connectivity index (χ2n) is 6.30. The van der Waals surface area contributed by atoms with Crippen molar-refractivity contribution in [3.05, 3.63) is 84.4 Å². The third-order valence-corrected chi connectivity index (χ3v) is 4.13. The fourth-order valence-corrected chi connectivity index (χ4v) is 2.67. The van der Waals surface area contributed by atoms with E-state index in [0.29, 0.717) is 13.2 Å². The molecule has 0 saturated heterocycles. The van der Waals surface area contributed by atoms with Gasteiger partial charge in [-0.1, -0.05) is 18.2 Å². The highest BCUT2D eigenvalue weighted by Crippen LogP contribution is 2.14. The summed E-state index contributed by atoms with van der Waals surface area (Å²) in [5.74, 6) is 1.65. The van der Waals surface area contributed by atoms with Crippen LogP contribution < -0.4 is 15.4 Å². The number of aromatic nitrogens is 2. The van der Waals surface area contributed by atoms with Gasteiger partial charge in [0.1, 0.15) is 12.4 Å². The highest BCUT2D eigenvalue weighted by Gasteiger charge is 2.00. The Kier molecular flexibility index (Phi) is 10.1. The normalized spacial score (nSPS) is 10.9. The van der Waals surface area contributed by atoms with E-state index in [-0.39, 0.29) is 24.0 Å². The van der Waals surface area contributed by atoms with Crippen molar-refractivity contribution < 1.29 is 4.74 Å². The van der Waals surface area contributed by atoms with Gasteiger partial charge in [-0.3, -0.25) is 4.98 Å². The van der Waals surface area contributed by atoms with E-state index in [1.807, 2.05) is 54.6 Å². The molecular formula is C22H28IN5O. The number of nitrogens with zero attached hydrogens (tertiary/aromatic N) is 3. The Labute approximate surface area is 189 Å². The van der Waals surface area contributed by atoms with E-state index in [1.54, 1.807) is 6.20 Å². The van der Waals surface area contributed by atoms with Crippen molar-refractivity contribution in [1.29, 1.82) is 0 Å². The zero-order valence-corrected chi connectivity index (χ0v) is 19.0. The second-order valence-corrected chi connectivity index (χ2v) is 6.30. The quantitative estimate of drug-likeness (QED) is 0.264. The lowest BCUT2D eigenvalue weighted by molar-refractivity contribution is 0.301. The molecule has 0 fully saturated rings. The van der Waals surface area contributed by atoms with Crippen molar-refractivity contribution in [2.45, 2.75) is 26.6 Å². The first-order valence-electron chi connectivity index (χ1n) is 9.58. The summed E-state index contributed by atoms with van der Waals surface area (Å²) in [7, 11) is 0. The Morgan fingerprint density at radius 2 is 1.83 bits per heavy atom. The number of hydrogen-bond donors (Lipinski definition) is 2. The molecule has 2 aromatic heterocycles. The minimum atomic E-state index is 0. The van der Waals surface area contributed by atoms with Gasteiger partial charge in [-0.15, -0.1) is 24.0 Å². The van der Waals surface area contributed by atoms with Crippen molar-refractivity contribution in [2.24, 2.45) is 4.99 Å². The molecular weight excluding hydrogens is 477 g/mol. The lowest BCUT2D eigenvalue weighted by Crippen LogP contribution is -2.38. The molecule has 0 saturated carbocycles. The molecule has 2 N–H and O–H groups in total. The molecule has 6 nitrogen and oxygen atoms in total. The largest absolute Gasteiger partial charge is 0.487 e. The van der Waals surface area contributed by atoms with Gasteiger partial charge in [0.05, 0.1) is 12.2 Å². The number of rotatable bonds is 9. The summed E-state index contributed by atoms with van der Waals surface area (Å²) < 4.78 is 7.91. The van der Waals surface area contributed by atoms with Crippen molar-refractivity contribution in [3.8, 4) is 5.75 Å². The summed E-state index contributed by atoms with van der Waals surface area (Å²) in [4.78, 5) is 8.92. The number of pyridine rings is 1. The van der Waals surface area contributed by atoms with E-state index in [2.05, 4.69) is 44.5 Å². The summed E-state index contributed by atoms with van der Waals surface area (Å²) in [6.45, 7) is 5.70. The maximum Gasteiger partial charge on any atom is 0.191 e. The molecule has 7 heteroatoms. The number of hydrogen-bond acceptors (Lipinski definition) is 3. The standard InChI is InChI=1S/C22H27N5O.HI/c1-2-23-22(25-13-16-27-14-5-6-15-27)26-17-19-8-10-21(11-9-19)28-18-20-7-3-4-12-24-20;/h3-12,14-15H,2,13,16-18H2,1H3,(H2,23,25,26);1H. The third-order valence-electron chi connectivity index (χ3n) is 4.13. The number of guanidine groups is 1. The molecule has 29 heavy (non-hydrogen) atoms. The third kappa shape index (κ3) is 8.15. The van der Waals surface area contributed by atoms with Crippen LogP contribution in [0.4, 0.5) is 0 Å². The molecule has 2 heterocycles. The molecule has 0 amide bonds. The van der Waals surface area contributed by atoms with Crippen LogP contribution in [0.3, 0.4) is 0 Å². The fourth-order valence-electron chi connectivity index (χ4n) is 2.67. The summed E-state index contributed by atoms with van der Waals surface area (Å²) in [6, 6.07) is 17.9. The Morgan fingerprint density at radius 3 is 2.52 bits per heavy atom. The monoisotopic (exact) mass is 505 g/mol. The smallest absolute Gasteiger partial charge is 0.191 e. The van der Waals surface area contributed by atoms with Crippen LogP contribution in [0.1, 0.15) is 18.2 Å². The van der Waals surface area contributed by atoms with Gasteiger partial charge in [0, 0.05) is 38.2 Å². The lowest BCUT2D eigenvalue weighted by atomic mass is 10.2. The summed E-state index contributed by atoms with van der Waals surface area (Å²) in [5.41, 5.74) is 2.05. The Bertz CT molecular complexity index is 835. The van der Waals surface area contributed by atoms with Crippen molar-refractivity contribution in [3.63, 3.8) is 0 Å². The molecule has 0 unspecified atom stereocenters. The Balaban J connectivity index is 0.00000300. The van der Waals surface area contributed by atoms with Crippen LogP contribution in [0.2, 0.25) is 0 Å². The zero-order valence-electron chi connectivity index (χ0n) is 16.6. The van der Waals surface area contributed by atoms with E-state index in [4.69, 9.17) is 4.74 Å². The highest BCUT2D eigenvalue weighted by molar-refractivity contribution is 14.0. The topological polar surface area (TPSA) is 63.5 Å². The zero-order chi connectivity index (χ0) is 19.4. The SMILES string of the molecule is CCNC(=NCc1ccc(OCc2ccccn2)cc1)NCCn1cccc1.I. The molecule has 0 atom stereocenters. The maximum atomic E-state index is 5.77. The van der Waals surface area contributed by atoms with Gasteiger partial charge in [0.25, 0.3) is 0 Å². The lowest BCUT2D eigenvalue weighted by Gasteiger charge is -2.12. The van der Waals surface area contributed by atoms with Gasteiger partial charge in [-0.2, -0.15) is 0 Å². The second kappa shape index (κ2) is 12.8. The first-order valence-corrected chi connectivity index (χ1v) is 9.58. The molecule has 0 aliphatic rings. The Morgan fingerprint density at radius 1 is 1.03 bits per heavy atom. The van der Waals surface area contributed by atoms with Crippen LogP contribution >= 0.6 is 24.0 Å². The van der Waals surface area contributed by atoms with Crippen molar-refractivity contribution in [2.75, 3.05) is 13.1 Å². The van der Waals surface area contributed by atoms with E-state index in [1.165, 1.54) is 0 Å².